The Balaban J connectivity index is 2.69. The van der Waals surface area contributed by atoms with Crippen molar-refractivity contribution in [2.24, 2.45) is 5.92 Å². The molecule has 0 aromatic heterocycles. The van der Waals surface area contributed by atoms with Gasteiger partial charge in [-0.05, 0) is 23.5 Å². The van der Waals surface area contributed by atoms with Crippen LogP contribution in [-0.2, 0) is 6.42 Å². The van der Waals surface area contributed by atoms with Gasteiger partial charge >= 0.3 is 6.18 Å². The van der Waals surface area contributed by atoms with Gasteiger partial charge in [-0.15, -0.1) is 0 Å². The second kappa shape index (κ2) is 6.58. The van der Waals surface area contributed by atoms with Crippen LogP contribution in [0.1, 0.15) is 31.0 Å². The average molecular weight is 270 g/mol. The summed E-state index contributed by atoms with van der Waals surface area (Å²) in [4.78, 5) is 0. The Kier molecular flexibility index (Phi) is 5.37. The van der Waals surface area contributed by atoms with E-state index < -0.39 is 18.8 Å². The van der Waals surface area contributed by atoms with E-state index in [4.69, 9.17) is 5.26 Å². The van der Waals surface area contributed by atoms with Crippen LogP contribution in [0.4, 0.5) is 13.2 Å². The first kappa shape index (κ1) is 15.5. The molecular weight excluding hydrogens is 253 g/mol. The average Bonchev–Trinajstić information content (AvgIpc) is 2.29. The minimum Gasteiger partial charge on any atom is -0.290 e. The first-order chi connectivity index (χ1) is 8.81. The van der Waals surface area contributed by atoms with Gasteiger partial charge in [0.1, 0.15) is 6.04 Å². The van der Waals surface area contributed by atoms with Crippen molar-refractivity contribution in [1.29, 1.82) is 5.26 Å². The molecule has 2 nitrogen and oxygen atoms in total. The number of benzene rings is 1. The molecule has 104 valence electrons. The summed E-state index contributed by atoms with van der Waals surface area (Å²) in [5.41, 5.74) is 1.67. The van der Waals surface area contributed by atoms with E-state index in [0.29, 0.717) is 11.5 Å². The molecule has 1 atom stereocenters. The second-order valence-electron chi connectivity index (χ2n) is 4.90. The van der Waals surface area contributed by atoms with E-state index in [9.17, 15) is 13.2 Å². The number of rotatable bonds is 5. The maximum atomic E-state index is 12.1. The predicted octanol–water partition coefficient (Wildman–Crippen LogP) is 3.60. The number of hydrogen-bond acceptors (Lipinski definition) is 2. The lowest BCUT2D eigenvalue weighted by Crippen LogP contribution is -2.31. The number of nitriles is 1. The lowest BCUT2D eigenvalue weighted by Gasteiger charge is -2.14. The predicted molar refractivity (Wildman–Crippen MR) is 67.4 cm³/mol. The molecule has 0 spiro atoms. The Hall–Kier alpha value is -1.54. The molecule has 1 N–H and O–H groups in total. The van der Waals surface area contributed by atoms with Gasteiger partial charge < -0.3 is 0 Å². The van der Waals surface area contributed by atoms with Crippen molar-refractivity contribution in [2.45, 2.75) is 32.5 Å². The van der Waals surface area contributed by atoms with Gasteiger partial charge in [-0.2, -0.15) is 18.4 Å². The summed E-state index contributed by atoms with van der Waals surface area (Å²) < 4.78 is 36.3. The molecule has 0 amide bonds. The molecule has 0 saturated heterocycles. The third kappa shape index (κ3) is 5.75. The normalized spacial score (nSPS) is 13.3. The van der Waals surface area contributed by atoms with Crippen molar-refractivity contribution < 1.29 is 13.2 Å². The molecule has 5 heteroatoms. The van der Waals surface area contributed by atoms with Crippen molar-refractivity contribution in [3.8, 4) is 6.07 Å². The van der Waals surface area contributed by atoms with E-state index in [0.717, 1.165) is 12.0 Å². The zero-order chi connectivity index (χ0) is 14.5. The lowest BCUT2D eigenvalue weighted by molar-refractivity contribution is -0.125. The number of nitrogens with zero attached hydrogens (tertiary/aromatic N) is 1. The van der Waals surface area contributed by atoms with Crippen molar-refractivity contribution >= 4 is 0 Å². The van der Waals surface area contributed by atoms with Crippen LogP contribution >= 0.6 is 0 Å². The number of alkyl halides is 3. The molecule has 1 unspecified atom stereocenters. The van der Waals surface area contributed by atoms with Crippen LogP contribution in [0.15, 0.2) is 24.3 Å². The number of hydrogen-bond donors (Lipinski definition) is 1. The van der Waals surface area contributed by atoms with Crippen molar-refractivity contribution in [3.63, 3.8) is 0 Å². The summed E-state index contributed by atoms with van der Waals surface area (Å²) in [5, 5.41) is 11.1. The molecule has 1 aromatic rings. The topological polar surface area (TPSA) is 35.8 Å². The summed E-state index contributed by atoms with van der Waals surface area (Å²) >= 11 is 0. The van der Waals surface area contributed by atoms with E-state index in [1.807, 2.05) is 18.2 Å². The first-order valence-electron chi connectivity index (χ1n) is 6.10. The van der Waals surface area contributed by atoms with Crippen molar-refractivity contribution in [1.82, 2.24) is 5.32 Å². The molecule has 0 bridgehead atoms. The third-order valence-electron chi connectivity index (χ3n) is 2.59. The zero-order valence-corrected chi connectivity index (χ0v) is 11.0. The molecule has 0 aliphatic carbocycles. The molecule has 0 aliphatic heterocycles. The molecule has 0 fully saturated rings. The highest BCUT2D eigenvalue weighted by Gasteiger charge is 2.28. The number of halogens is 3. The van der Waals surface area contributed by atoms with Gasteiger partial charge in [0, 0.05) is 0 Å². The van der Waals surface area contributed by atoms with E-state index in [2.05, 4.69) is 19.2 Å². The van der Waals surface area contributed by atoms with E-state index in [1.54, 1.807) is 12.1 Å². The van der Waals surface area contributed by atoms with Crippen LogP contribution in [0.25, 0.3) is 0 Å². The van der Waals surface area contributed by atoms with Gasteiger partial charge in [0.2, 0.25) is 0 Å². The SMILES string of the molecule is CC(C)Cc1ccc(C(C#N)NCC(F)(F)F)cc1. The minimum absolute atomic E-state index is 0.515. The van der Waals surface area contributed by atoms with Crippen molar-refractivity contribution in [3.05, 3.63) is 35.4 Å². The summed E-state index contributed by atoms with van der Waals surface area (Å²) in [6.45, 7) is 3.02. The highest BCUT2D eigenvalue weighted by Crippen LogP contribution is 2.18. The maximum absolute atomic E-state index is 12.1. The monoisotopic (exact) mass is 270 g/mol. The third-order valence-corrected chi connectivity index (χ3v) is 2.59. The van der Waals surface area contributed by atoms with Gasteiger partial charge in [-0.25, -0.2) is 0 Å². The molecule has 0 heterocycles. The van der Waals surface area contributed by atoms with Crippen LogP contribution in [0.3, 0.4) is 0 Å². The van der Waals surface area contributed by atoms with Crippen LogP contribution in [0.5, 0.6) is 0 Å². The van der Waals surface area contributed by atoms with Gasteiger partial charge in [0.05, 0.1) is 12.6 Å². The quantitative estimate of drug-likeness (QED) is 0.887. The Morgan fingerprint density at radius 3 is 2.21 bits per heavy atom. The van der Waals surface area contributed by atoms with Crippen LogP contribution in [0, 0.1) is 17.2 Å². The minimum atomic E-state index is -4.31. The smallest absolute Gasteiger partial charge is 0.290 e. The fraction of sp³-hybridized carbons (Fsp3) is 0.500. The van der Waals surface area contributed by atoms with E-state index in [-0.39, 0.29) is 0 Å². The van der Waals surface area contributed by atoms with Gasteiger partial charge in [0.25, 0.3) is 0 Å². The first-order valence-corrected chi connectivity index (χ1v) is 6.10. The summed E-state index contributed by atoms with van der Waals surface area (Å²) in [6, 6.07) is 8.02. The molecular formula is C14H17F3N2. The van der Waals surface area contributed by atoms with Crippen LogP contribution in [-0.4, -0.2) is 12.7 Å². The summed E-state index contributed by atoms with van der Waals surface area (Å²) in [7, 11) is 0. The Labute approximate surface area is 111 Å². The highest BCUT2D eigenvalue weighted by molar-refractivity contribution is 5.28. The Morgan fingerprint density at radius 1 is 1.21 bits per heavy atom. The summed E-state index contributed by atoms with van der Waals surface area (Å²) in [6.07, 6.45) is -3.40. The second-order valence-corrected chi connectivity index (χ2v) is 4.90. The van der Waals surface area contributed by atoms with Crippen LogP contribution < -0.4 is 5.32 Å². The number of nitrogens with one attached hydrogen (secondary N) is 1. The van der Waals surface area contributed by atoms with Gasteiger partial charge in [-0.3, -0.25) is 5.32 Å². The van der Waals surface area contributed by atoms with Gasteiger partial charge in [-0.1, -0.05) is 38.1 Å². The molecule has 0 aliphatic rings. The van der Waals surface area contributed by atoms with E-state index >= 15 is 0 Å². The van der Waals surface area contributed by atoms with E-state index in [1.165, 1.54) is 0 Å². The molecule has 1 aromatic carbocycles. The molecule has 0 radical (unpaired) electrons. The highest BCUT2D eigenvalue weighted by atomic mass is 19.4. The van der Waals surface area contributed by atoms with Crippen LogP contribution in [0.2, 0.25) is 0 Å². The molecule has 1 rings (SSSR count). The maximum Gasteiger partial charge on any atom is 0.401 e. The Bertz CT molecular complexity index is 429. The van der Waals surface area contributed by atoms with Crippen molar-refractivity contribution in [2.75, 3.05) is 6.54 Å². The molecule has 19 heavy (non-hydrogen) atoms. The standard InChI is InChI=1S/C14H17F3N2/c1-10(2)7-11-3-5-12(6-4-11)13(8-18)19-9-14(15,16)17/h3-6,10,13,19H,7,9H2,1-2H3. The lowest BCUT2D eigenvalue weighted by atomic mass is 10.00. The fourth-order valence-corrected chi connectivity index (χ4v) is 1.77. The zero-order valence-electron chi connectivity index (χ0n) is 11.0. The summed E-state index contributed by atoms with van der Waals surface area (Å²) in [5.74, 6) is 0.515. The fourth-order valence-electron chi connectivity index (χ4n) is 1.77. The largest absolute Gasteiger partial charge is 0.401 e. The Morgan fingerprint density at radius 2 is 1.79 bits per heavy atom. The van der Waals surface area contributed by atoms with Gasteiger partial charge in [0.15, 0.2) is 0 Å². The molecule has 0 saturated carbocycles.